The smallest absolute Gasteiger partial charge is 0.228 e. The third-order valence-electron chi connectivity index (χ3n) is 4.40. The van der Waals surface area contributed by atoms with Crippen molar-refractivity contribution in [3.63, 3.8) is 0 Å². The van der Waals surface area contributed by atoms with Gasteiger partial charge in [-0.2, -0.15) is 0 Å². The summed E-state index contributed by atoms with van der Waals surface area (Å²) in [6.07, 6.45) is 6.36. The Balaban J connectivity index is 1.52. The Morgan fingerprint density at radius 2 is 1.96 bits per heavy atom. The number of aryl methyl sites for hydroxylation is 1. The third kappa shape index (κ3) is 3.37. The van der Waals surface area contributed by atoms with Crippen molar-refractivity contribution in [2.24, 2.45) is 0 Å². The Morgan fingerprint density at radius 1 is 1.08 bits per heavy atom. The molecular weight excluding hydrogens is 326 g/mol. The molecule has 26 heavy (non-hydrogen) atoms. The topological polar surface area (TPSA) is 62.1 Å². The van der Waals surface area contributed by atoms with Crippen LogP contribution >= 0.6 is 0 Å². The Bertz CT molecular complexity index is 990. The number of aromatic amines is 1. The molecule has 0 aliphatic rings. The summed E-state index contributed by atoms with van der Waals surface area (Å²) < 4.78 is 5.42. The molecule has 130 valence electrons. The minimum atomic E-state index is 0.0189. The predicted octanol–water partition coefficient (Wildman–Crippen LogP) is 4.32. The van der Waals surface area contributed by atoms with Crippen LogP contribution in [-0.2, 0) is 17.8 Å². The van der Waals surface area contributed by atoms with E-state index < -0.39 is 0 Å². The van der Waals surface area contributed by atoms with Gasteiger partial charge < -0.3 is 9.40 Å². The number of nitrogens with one attached hydrogen (secondary N) is 1. The highest BCUT2D eigenvalue weighted by Crippen LogP contribution is 2.21. The number of anilines is 1. The molecule has 0 aliphatic carbocycles. The number of para-hydroxylation sites is 1. The second kappa shape index (κ2) is 7.27. The summed E-state index contributed by atoms with van der Waals surface area (Å²) in [5.74, 6) is 1.38. The van der Waals surface area contributed by atoms with Crippen LogP contribution in [0.5, 0.6) is 0 Å². The fraction of sp³-hybridized carbons (Fsp3) is 0.143. The van der Waals surface area contributed by atoms with E-state index in [1.807, 2.05) is 54.7 Å². The lowest BCUT2D eigenvalue weighted by Gasteiger charge is -2.20. The first kappa shape index (κ1) is 16.1. The van der Waals surface area contributed by atoms with Crippen LogP contribution in [0.15, 0.2) is 77.7 Å². The van der Waals surface area contributed by atoms with Crippen LogP contribution in [0.1, 0.15) is 17.7 Å². The summed E-state index contributed by atoms with van der Waals surface area (Å²) in [5, 5.41) is 1.16. The van der Waals surface area contributed by atoms with Crippen molar-refractivity contribution in [2.75, 3.05) is 4.90 Å². The van der Waals surface area contributed by atoms with Crippen LogP contribution in [0.4, 0.5) is 5.82 Å². The highest BCUT2D eigenvalue weighted by Gasteiger charge is 2.19. The second-order valence-electron chi connectivity index (χ2n) is 6.11. The first-order chi connectivity index (χ1) is 12.8. The number of hydrogen-bond acceptors (Lipinski definition) is 3. The molecule has 4 rings (SSSR count). The normalized spacial score (nSPS) is 10.9. The lowest BCUT2D eigenvalue weighted by Crippen LogP contribution is -2.31. The Kier molecular flexibility index (Phi) is 4.51. The lowest BCUT2D eigenvalue weighted by atomic mass is 10.1. The largest absolute Gasteiger partial charge is 0.467 e. The SMILES string of the molecule is O=C(CCc1c[nH]c2ccccc12)N(Cc1ccco1)c1ccccn1. The monoisotopic (exact) mass is 345 g/mol. The van der Waals surface area contributed by atoms with Crippen molar-refractivity contribution in [1.29, 1.82) is 0 Å². The van der Waals surface area contributed by atoms with Gasteiger partial charge in [-0.1, -0.05) is 24.3 Å². The number of aromatic nitrogens is 2. The summed E-state index contributed by atoms with van der Waals surface area (Å²) in [6, 6.07) is 17.4. The van der Waals surface area contributed by atoms with Crippen molar-refractivity contribution in [1.82, 2.24) is 9.97 Å². The van der Waals surface area contributed by atoms with Gasteiger partial charge >= 0.3 is 0 Å². The van der Waals surface area contributed by atoms with E-state index in [1.165, 1.54) is 0 Å². The van der Waals surface area contributed by atoms with Crippen LogP contribution in [0, 0.1) is 0 Å². The second-order valence-corrected chi connectivity index (χ2v) is 6.11. The number of hydrogen-bond donors (Lipinski definition) is 1. The van der Waals surface area contributed by atoms with Gasteiger partial charge in [0.05, 0.1) is 12.8 Å². The molecule has 0 saturated heterocycles. The zero-order valence-corrected chi connectivity index (χ0v) is 14.3. The molecule has 3 aromatic heterocycles. The van der Waals surface area contributed by atoms with E-state index in [4.69, 9.17) is 4.42 Å². The number of pyridine rings is 1. The van der Waals surface area contributed by atoms with Crippen LogP contribution < -0.4 is 4.90 Å². The van der Waals surface area contributed by atoms with Crippen LogP contribution in [0.3, 0.4) is 0 Å². The fourth-order valence-corrected chi connectivity index (χ4v) is 3.08. The Morgan fingerprint density at radius 3 is 2.77 bits per heavy atom. The minimum absolute atomic E-state index is 0.0189. The molecule has 0 saturated carbocycles. The molecule has 0 spiro atoms. The molecule has 0 bridgehead atoms. The number of fused-ring (bicyclic) bond motifs is 1. The van der Waals surface area contributed by atoms with E-state index in [1.54, 1.807) is 17.4 Å². The lowest BCUT2D eigenvalue weighted by molar-refractivity contribution is -0.118. The van der Waals surface area contributed by atoms with Gasteiger partial charge in [0.1, 0.15) is 11.6 Å². The number of carbonyl (C=O) groups is 1. The predicted molar refractivity (Wildman–Crippen MR) is 101 cm³/mol. The maximum atomic E-state index is 12.9. The average molecular weight is 345 g/mol. The first-order valence-electron chi connectivity index (χ1n) is 8.60. The molecule has 3 heterocycles. The molecule has 0 atom stereocenters. The quantitative estimate of drug-likeness (QED) is 0.566. The van der Waals surface area contributed by atoms with E-state index in [0.717, 1.165) is 22.2 Å². The summed E-state index contributed by atoms with van der Waals surface area (Å²) in [5.41, 5.74) is 2.24. The fourth-order valence-electron chi connectivity index (χ4n) is 3.08. The van der Waals surface area contributed by atoms with E-state index in [-0.39, 0.29) is 5.91 Å². The van der Waals surface area contributed by atoms with Crippen LogP contribution in [-0.4, -0.2) is 15.9 Å². The maximum absolute atomic E-state index is 12.9. The zero-order valence-electron chi connectivity index (χ0n) is 14.3. The van der Waals surface area contributed by atoms with Crippen molar-refractivity contribution < 1.29 is 9.21 Å². The highest BCUT2D eigenvalue weighted by molar-refractivity contribution is 5.93. The van der Waals surface area contributed by atoms with Crippen molar-refractivity contribution in [2.45, 2.75) is 19.4 Å². The molecule has 1 aromatic carbocycles. The summed E-state index contributed by atoms with van der Waals surface area (Å²) in [7, 11) is 0. The number of rotatable bonds is 6. The van der Waals surface area contributed by atoms with Gasteiger partial charge in [-0.3, -0.25) is 9.69 Å². The van der Waals surface area contributed by atoms with Gasteiger partial charge in [0.25, 0.3) is 0 Å². The number of carbonyl (C=O) groups excluding carboxylic acids is 1. The van der Waals surface area contributed by atoms with E-state index in [2.05, 4.69) is 16.0 Å². The van der Waals surface area contributed by atoms with Gasteiger partial charge in [-0.25, -0.2) is 4.98 Å². The highest BCUT2D eigenvalue weighted by atomic mass is 16.3. The molecule has 1 N–H and O–H groups in total. The molecule has 0 unspecified atom stereocenters. The Hall–Kier alpha value is -3.34. The number of nitrogens with zero attached hydrogens (tertiary/aromatic N) is 2. The average Bonchev–Trinajstić information content (AvgIpc) is 3.35. The van der Waals surface area contributed by atoms with Gasteiger partial charge in [0.2, 0.25) is 5.91 Å². The Labute approximate surface area is 151 Å². The van der Waals surface area contributed by atoms with Crippen molar-refractivity contribution in [3.05, 3.63) is 84.6 Å². The standard InChI is InChI=1S/C21H19N3O2/c25-21(11-10-16-14-23-19-8-2-1-7-18(16)19)24(15-17-6-5-13-26-17)20-9-3-4-12-22-20/h1-9,12-14,23H,10-11,15H2. The van der Waals surface area contributed by atoms with Gasteiger partial charge in [-0.05, 0) is 42.3 Å². The molecule has 5 nitrogen and oxygen atoms in total. The van der Waals surface area contributed by atoms with Crippen molar-refractivity contribution in [3.8, 4) is 0 Å². The summed E-state index contributed by atoms with van der Waals surface area (Å²) >= 11 is 0. The number of amides is 1. The van der Waals surface area contributed by atoms with Gasteiger partial charge in [0.15, 0.2) is 0 Å². The minimum Gasteiger partial charge on any atom is -0.467 e. The molecule has 1 amide bonds. The summed E-state index contributed by atoms with van der Waals surface area (Å²) in [6.45, 7) is 0.372. The van der Waals surface area contributed by atoms with Crippen LogP contribution in [0.25, 0.3) is 10.9 Å². The van der Waals surface area contributed by atoms with E-state index >= 15 is 0 Å². The summed E-state index contributed by atoms with van der Waals surface area (Å²) in [4.78, 5) is 22.2. The number of benzene rings is 1. The molecular formula is C21H19N3O2. The number of H-pyrrole nitrogens is 1. The maximum Gasteiger partial charge on any atom is 0.228 e. The molecule has 5 heteroatoms. The van der Waals surface area contributed by atoms with Gasteiger partial charge in [0, 0.05) is 29.7 Å². The molecule has 0 radical (unpaired) electrons. The first-order valence-corrected chi connectivity index (χ1v) is 8.60. The van der Waals surface area contributed by atoms with E-state index in [0.29, 0.717) is 25.2 Å². The van der Waals surface area contributed by atoms with E-state index in [9.17, 15) is 4.79 Å². The molecule has 4 aromatic rings. The molecule has 0 fully saturated rings. The van der Waals surface area contributed by atoms with Gasteiger partial charge in [-0.15, -0.1) is 0 Å². The third-order valence-corrected chi connectivity index (χ3v) is 4.40. The molecule has 0 aliphatic heterocycles. The van der Waals surface area contributed by atoms with Crippen molar-refractivity contribution >= 4 is 22.6 Å². The number of furan rings is 1. The zero-order chi connectivity index (χ0) is 17.8. The van der Waals surface area contributed by atoms with Crippen LogP contribution in [0.2, 0.25) is 0 Å².